The standard InChI is InChI=1S/C21H26FNO3/c22-18-8-6-17(7-9-18)21(10-12-25-13-11-21)16-23-14-19(24)15-26-20-4-2-1-3-5-20/h1-9,19,23-24H,10-16H2. The van der Waals surface area contributed by atoms with Crippen molar-refractivity contribution in [3.8, 4) is 5.75 Å². The Morgan fingerprint density at radius 1 is 1.08 bits per heavy atom. The maximum absolute atomic E-state index is 13.3. The molecule has 0 saturated carbocycles. The van der Waals surface area contributed by atoms with Gasteiger partial charge in [0.05, 0.1) is 0 Å². The molecule has 0 spiro atoms. The molecule has 1 saturated heterocycles. The van der Waals surface area contributed by atoms with Gasteiger partial charge in [0.15, 0.2) is 0 Å². The van der Waals surface area contributed by atoms with E-state index in [4.69, 9.17) is 9.47 Å². The molecule has 1 heterocycles. The summed E-state index contributed by atoms with van der Waals surface area (Å²) in [7, 11) is 0. The van der Waals surface area contributed by atoms with Crippen LogP contribution in [0.25, 0.3) is 0 Å². The minimum atomic E-state index is -0.597. The Balaban J connectivity index is 1.52. The second-order valence-electron chi connectivity index (χ2n) is 6.81. The number of aliphatic hydroxyl groups excluding tert-OH is 1. The fourth-order valence-corrected chi connectivity index (χ4v) is 3.38. The van der Waals surface area contributed by atoms with E-state index in [2.05, 4.69) is 5.32 Å². The van der Waals surface area contributed by atoms with Gasteiger partial charge in [0.25, 0.3) is 0 Å². The van der Waals surface area contributed by atoms with Gasteiger partial charge in [-0.25, -0.2) is 4.39 Å². The van der Waals surface area contributed by atoms with Crippen molar-refractivity contribution in [2.75, 3.05) is 32.9 Å². The van der Waals surface area contributed by atoms with Crippen molar-refractivity contribution >= 4 is 0 Å². The molecule has 2 N–H and O–H groups in total. The topological polar surface area (TPSA) is 50.7 Å². The molecule has 2 aromatic carbocycles. The summed E-state index contributed by atoms with van der Waals surface area (Å²) in [6.07, 6.45) is 1.16. The van der Waals surface area contributed by atoms with Gasteiger partial charge in [-0.3, -0.25) is 0 Å². The van der Waals surface area contributed by atoms with Crippen molar-refractivity contribution < 1.29 is 19.0 Å². The predicted molar refractivity (Wildman–Crippen MR) is 98.9 cm³/mol. The molecule has 1 fully saturated rings. The molecule has 3 rings (SSSR count). The second kappa shape index (κ2) is 9.12. The summed E-state index contributed by atoms with van der Waals surface area (Å²) in [5.74, 6) is 0.524. The van der Waals surface area contributed by atoms with Gasteiger partial charge in [0.1, 0.15) is 24.3 Å². The molecule has 0 radical (unpaired) electrons. The van der Waals surface area contributed by atoms with Crippen molar-refractivity contribution in [1.29, 1.82) is 0 Å². The van der Waals surface area contributed by atoms with Crippen LogP contribution in [0.3, 0.4) is 0 Å². The first-order chi connectivity index (χ1) is 12.7. The van der Waals surface area contributed by atoms with Crippen LogP contribution in [0.5, 0.6) is 5.75 Å². The average molecular weight is 359 g/mol. The van der Waals surface area contributed by atoms with Crippen molar-refractivity contribution in [1.82, 2.24) is 5.32 Å². The summed E-state index contributed by atoms with van der Waals surface area (Å²) < 4.78 is 24.4. The van der Waals surface area contributed by atoms with Gasteiger partial charge in [-0.15, -0.1) is 0 Å². The molecule has 1 atom stereocenters. The molecule has 140 valence electrons. The van der Waals surface area contributed by atoms with Crippen LogP contribution in [-0.4, -0.2) is 44.1 Å². The molecule has 1 aliphatic rings. The van der Waals surface area contributed by atoms with E-state index in [1.165, 1.54) is 12.1 Å². The zero-order valence-electron chi connectivity index (χ0n) is 14.9. The number of rotatable bonds is 8. The molecule has 2 aromatic rings. The first-order valence-electron chi connectivity index (χ1n) is 9.08. The predicted octanol–water partition coefficient (Wildman–Crippen LogP) is 2.90. The maximum Gasteiger partial charge on any atom is 0.123 e. The summed E-state index contributed by atoms with van der Waals surface area (Å²) in [6, 6.07) is 16.2. The Hall–Kier alpha value is -1.95. The minimum absolute atomic E-state index is 0.0913. The van der Waals surface area contributed by atoms with Crippen LogP contribution in [0.2, 0.25) is 0 Å². The number of ether oxygens (including phenoxy) is 2. The average Bonchev–Trinajstić information content (AvgIpc) is 2.68. The first kappa shape index (κ1) is 18.8. The lowest BCUT2D eigenvalue weighted by Crippen LogP contribution is -2.45. The van der Waals surface area contributed by atoms with Gasteiger partial charge < -0.3 is 19.9 Å². The maximum atomic E-state index is 13.3. The largest absolute Gasteiger partial charge is 0.491 e. The third-order valence-corrected chi connectivity index (χ3v) is 4.94. The SMILES string of the molecule is OC(CNCC1(c2ccc(F)cc2)CCOCC1)COc1ccccc1. The number of para-hydroxylation sites is 1. The van der Waals surface area contributed by atoms with Crippen LogP contribution in [-0.2, 0) is 10.2 Å². The molecular formula is C21H26FNO3. The van der Waals surface area contributed by atoms with Crippen molar-refractivity contribution in [2.45, 2.75) is 24.4 Å². The Bertz CT molecular complexity index is 657. The highest BCUT2D eigenvalue weighted by Gasteiger charge is 2.34. The van der Waals surface area contributed by atoms with Gasteiger partial charge in [-0.05, 0) is 42.7 Å². The lowest BCUT2D eigenvalue weighted by Gasteiger charge is -2.38. The summed E-state index contributed by atoms with van der Waals surface area (Å²) in [5.41, 5.74) is 1.02. The van der Waals surface area contributed by atoms with E-state index < -0.39 is 6.10 Å². The zero-order chi connectivity index (χ0) is 18.2. The number of hydrogen-bond donors (Lipinski definition) is 2. The molecule has 0 bridgehead atoms. The number of benzene rings is 2. The van der Waals surface area contributed by atoms with E-state index in [1.807, 2.05) is 42.5 Å². The lowest BCUT2D eigenvalue weighted by atomic mass is 9.74. The molecular weight excluding hydrogens is 333 g/mol. The van der Waals surface area contributed by atoms with Gasteiger partial charge >= 0.3 is 0 Å². The van der Waals surface area contributed by atoms with E-state index in [9.17, 15) is 9.50 Å². The lowest BCUT2D eigenvalue weighted by molar-refractivity contribution is 0.0470. The smallest absolute Gasteiger partial charge is 0.123 e. The Morgan fingerprint density at radius 3 is 2.46 bits per heavy atom. The summed E-state index contributed by atoms with van der Waals surface area (Å²) >= 11 is 0. The highest BCUT2D eigenvalue weighted by atomic mass is 19.1. The number of aliphatic hydroxyl groups is 1. The molecule has 26 heavy (non-hydrogen) atoms. The van der Waals surface area contributed by atoms with Crippen LogP contribution < -0.4 is 10.1 Å². The molecule has 5 heteroatoms. The highest BCUT2D eigenvalue weighted by molar-refractivity contribution is 5.27. The van der Waals surface area contributed by atoms with Crippen LogP contribution in [0, 0.1) is 5.82 Å². The van der Waals surface area contributed by atoms with Gasteiger partial charge in [-0.1, -0.05) is 30.3 Å². The van der Waals surface area contributed by atoms with Crippen LogP contribution in [0.4, 0.5) is 4.39 Å². The fraction of sp³-hybridized carbons (Fsp3) is 0.429. The van der Waals surface area contributed by atoms with Crippen LogP contribution in [0.1, 0.15) is 18.4 Å². The van der Waals surface area contributed by atoms with Crippen molar-refractivity contribution in [2.24, 2.45) is 0 Å². The third-order valence-electron chi connectivity index (χ3n) is 4.94. The van der Waals surface area contributed by atoms with Crippen molar-refractivity contribution in [3.63, 3.8) is 0 Å². The van der Waals surface area contributed by atoms with Gasteiger partial charge in [-0.2, -0.15) is 0 Å². The zero-order valence-corrected chi connectivity index (χ0v) is 14.9. The fourth-order valence-electron chi connectivity index (χ4n) is 3.38. The molecule has 4 nitrogen and oxygen atoms in total. The summed E-state index contributed by atoms with van der Waals surface area (Å²) in [6.45, 7) is 2.78. The summed E-state index contributed by atoms with van der Waals surface area (Å²) in [4.78, 5) is 0. The Morgan fingerprint density at radius 2 is 1.77 bits per heavy atom. The van der Waals surface area contributed by atoms with E-state index in [0.717, 1.165) is 24.2 Å². The van der Waals surface area contributed by atoms with E-state index >= 15 is 0 Å². The highest BCUT2D eigenvalue weighted by Crippen LogP contribution is 2.34. The summed E-state index contributed by atoms with van der Waals surface area (Å²) in [5, 5.41) is 13.5. The van der Waals surface area contributed by atoms with Gasteiger partial charge in [0, 0.05) is 31.7 Å². The molecule has 0 aromatic heterocycles. The quantitative estimate of drug-likeness (QED) is 0.761. The molecule has 0 amide bonds. The molecule has 0 aliphatic carbocycles. The Labute approximate surface area is 154 Å². The van der Waals surface area contributed by atoms with E-state index in [0.29, 0.717) is 26.3 Å². The van der Waals surface area contributed by atoms with Crippen molar-refractivity contribution in [3.05, 3.63) is 66.0 Å². The monoisotopic (exact) mass is 359 g/mol. The van der Waals surface area contributed by atoms with E-state index in [1.54, 1.807) is 0 Å². The molecule has 1 aliphatic heterocycles. The third kappa shape index (κ3) is 5.04. The van der Waals surface area contributed by atoms with Gasteiger partial charge in [0.2, 0.25) is 0 Å². The minimum Gasteiger partial charge on any atom is -0.491 e. The molecule has 1 unspecified atom stereocenters. The van der Waals surface area contributed by atoms with E-state index in [-0.39, 0.29) is 17.8 Å². The normalized spacial score (nSPS) is 17.6. The number of nitrogens with one attached hydrogen (secondary N) is 1. The Kier molecular flexibility index (Phi) is 6.61. The number of hydrogen-bond acceptors (Lipinski definition) is 4. The second-order valence-corrected chi connectivity index (χ2v) is 6.81. The first-order valence-corrected chi connectivity index (χ1v) is 9.08. The number of halogens is 1. The van der Waals surface area contributed by atoms with Crippen LogP contribution >= 0.6 is 0 Å². The van der Waals surface area contributed by atoms with Crippen LogP contribution in [0.15, 0.2) is 54.6 Å².